The normalized spacial score (nSPS) is 14.4. The molecule has 4 heteroatoms. The van der Waals surface area contributed by atoms with Gasteiger partial charge in [-0.1, -0.05) is 17.7 Å². The first-order valence-electron chi connectivity index (χ1n) is 6.46. The van der Waals surface area contributed by atoms with Gasteiger partial charge in [0.1, 0.15) is 5.54 Å². The van der Waals surface area contributed by atoms with Crippen LogP contribution in [-0.4, -0.2) is 28.4 Å². The average molecular weight is 281 g/mol. The number of aryl methyl sites for hydroxylation is 2. The zero-order valence-corrected chi connectivity index (χ0v) is 13.1. The maximum atomic E-state index is 11.5. The lowest BCUT2D eigenvalue weighted by Crippen LogP contribution is -2.54. The van der Waals surface area contributed by atoms with Gasteiger partial charge < -0.3 is 5.11 Å². The quantitative estimate of drug-likeness (QED) is 0.786. The minimum Gasteiger partial charge on any atom is -0.480 e. The topological polar surface area (TPSA) is 49.3 Å². The van der Waals surface area contributed by atoms with E-state index in [1.165, 1.54) is 11.1 Å². The van der Waals surface area contributed by atoms with E-state index in [9.17, 15) is 9.90 Å². The summed E-state index contributed by atoms with van der Waals surface area (Å²) in [5.74, 6) is -0.302. The highest BCUT2D eigenvalue weighted by Crippen LogP contribution is 2.27. The van der Waals surface area contributed by atoms with Gasteiger partial charge in [-0.2, -0.15) is 0 Å². The lowest BCUT2D eigenvalue weighted by molar-refractivity contribution is -0.143. The molecule has 0 aliphatic rings. The van der Waals surface area contributed by atoms with Gasteiger partial charge in [-0.3, -0.25) is 10.1 Å². The monoisotopic (exact) mass is 281 g/mol. The summed E-state index contributed by atoms with van der Waals surface area (Å²) < 4.78 is 0. The summed E-state index contributed by atoms with van der Waals surface area (Å²) in [6.07, 6.45) is 0. The average Bonchev–Trinajstić information content (AvgIpc) is 2.29. The molecule has 1 unspecified atom stereocenters. The third-order valence-electron chi connectivity index (χ3n) is 2.94. The van der Waals surface area contributed by atoms with Crippen LogP contribution in [-0.2, 0) is 4.79 Å². The fourth-order valence-corrected chi connectivity index (χ4v) is 3.10. The summed E-state index contributed by atoms with van der Waals surface area (Å²) in [6.45, 7) is 9.77. The smallest absolute Gasteiger partial charge is 0.324 e. The van der Waals surface area contributed by atoms with Gasteiger partial charge in [-0.25, -0.2) is 0 Å². The first-order chi connectivity index (χ1) is 8.74. The zero-order valence-electron chi connectivity index (χ0n) is 12.3. The first kappa shape index (κ1) is 16.1. The third-order valence-corrected chi connectivity index (χ3v) is 4.41. The second kappa shape index (κ2) is 6.44. The van der Waals surface area contributed by atoms with Crippen molar-refractivity contribution in [1.82, 2.24) is 5.32 Å². The summed E-state index contributed by atoms with van der Waals surface area (Å²) in [4.78, 5) is 12.6. The summed E-state index contributed by atoms with van der Waals surface area (Å²) >= 11 is 1.60. The summed E-state index contributed by atoms with van der Waals surface area (Å²) in [6, 6.07) is 6.39. The van der Waals surface area contributed by atoms with E-state index in [-0.39, 0.29) is 6.04 Å². The Kier molecular flexibility index (Phi) is 5.44. The second-order valence-corrected chi connectivity index (χ2v) is 6.51. The van der Waals surface area contributed by atoms with E-state index in [1.807, 2.05) is 20.8 Å². The third kappa shape index (κ3) is 4.55. The Morgan fingerprint density at radius 1 is 1.42 bits per heavy atom. The predicted octanol–water partition coefficient (Wildman–Crippen LogP) is 3.24. The summed E-state index contributed by atoms with van der Waals surface area (Å²) in [7, 11) is 0. The van der Waals surface area contributed by atoms with Gasteiger partial charge in [-0.05, 0) is 46.2 Å². The van der Waals surface area contributed by atoms with Gasteiger partial charge in [-0.15, -0.1) is 11.8 Å². The number of benzene rings is 1. The largest absolute Gasteiger partial charge is 0.480 e. The molecule has 3 nitrogen and oxygen atoms in total. The number of hydrogen-bond donors (Lipinski definition) is 2. The number of aliphatic carboxylic acids is 1. The highest BCUT2D eigenvalue weighted by atomic mass is 32.2. The fraction of sp³-hybridized carbons (Fsp3) is 0.533. The lowest BCUT2D eigenvalue weighted by atomic mass is 10.1. The van der Waals surface area contributed by atoms with Crippen LogP contribution in [0.15, 0.2) is 23.1 Å². The van der Waals surface area contributed by atoms with Crippen molar-refractivity contribution in [3.8, 4) is 0 Å². The van der Waals surface area contributed by atoms with Crippen LogP contribution in [0.5, 0.6) is 0 Å². The van der Waals surface area contributed by atoms with Crippen LogP contribution in [0, 0.1) is 13.8 Å². The lowest BCUT2D eigenvalue weighted by Gasteiger charge is -2.28. The summed E-state index contributed by atoms with van der Waals surface area (Å²) in [5.41, 5.74) is 1.48. The molecule has 0 aliphatic heterocycles. The molecule has 0 heterocycles. The van der Waals surface area contributed by atoms with Crippen molar-refractivity contribution in [3.63, 3.8) is 0 Å². The Morgan fingerprint density at radius 2 is 2.05 bits per heavy atom. The summed E-state index contributed by atoms with van der Waals surface area (Å²) in [5, 5.41) is 12.5. The van der Waals surface area contributed by atoms with E-state index >= 15 is 0 Å². The SMILES string of the molecule is Cc1ccc(C)c(SCC(C)(NC(C)C)C(=O)O)c1. The van der Waals surface area contributed by atoms with E-state index in [1.54, 1.807) is 18.7 Å². The highest BCUT2D eigenvalue weighted by Gasteiger charge is 2.33. The van der Waals surface area contributed by atoms with Crippen molar-refractivity contribution in [2.45, 2.75) is 51.1 Å². The van der Waals surface area contributed by atoms with Crippen LogP contribution in [0.1, 0.15) is 31.9 Å². The number of carboxylic acid groups (broad SMARTS) is 1. The Hall–Kier alpha value is -1.00. The Morgan fingerprint density at radius 3 is 2.58 bits per heavy atom. The molecule has 0 amide bonds. The first-order valence-corrected chi connectivity index (χ1v) is 7.44. The van der Waals surface area contributed by atoms with Crippen LogP contribution in [0.2, 0.25) is 0 Å². The molecule has 1 aromatic carbocycles. The van der Waals surface area contributed by atoms with E-state index in [0.29, 0.717) is 5.75 Å². The molecular weight excluding hydrogens is 258 g/mol. The van der Waals surface area contributed by atoms with E-state index in [4.69, 9.17) is 0 Å². The van der Waals surface area contributed by atoms with Crippen LogP contribution < -0.4 is 5.32 Å². The van der Waals surface area contributed by atoms with Gasteiger partial charge in [0.2, 0.25) is 0 Å². The van der Waals surface area contributed by atoms with E-state index in [2.05, 4.69) is 30.4 Å². The maximum Gasteiger partial charge on any atom is 0.324 e. The highest BCUT2D eigenvalue weighted by molar-refractivity contribution is 7.99. The number of hydrogen-bond acceptors (Lipinski definition) is 3. The van der Waals surface area contributed by atoms with Crippen molar-refractivity contribution in [2.75, 3.05) is 5.75 Å². The van der Waals surface area contributed by atoms with Crippen molar-refractivity contribution in [3.05, 3.63) is 29.3 Å². The Labute approximate surface area is 119 Å². The standard InChI is InChI=1S/C15H23NO2S/c1-10(2)16-15(5,14(17)18)9-19-13-8-11(3)6-7-12(13)4/h6-8,10,16H,9H2,1-5H3,(H,17,18). The van der Waals surface area contributed by atoms with Crippen LogP contribution >= 0.6 is 11.8 Å². The molecule has 1 atom stereocenters. The van der Waals surface area contributed by atoms with Gasteiger partial charge in [0.15, 0.2) is 0 Å². The molecule has 0 saturated carbocycles. The molecule has 0 saturated heterocycles. The maximum absolute atomic E-state index is 11.5. The Balaban J connectivity index is 2.82. The van der Waals surface area contributed by atoms with Crippen LogP contribution in [0.4, 0.5) is 0 Å². The van der Waals surface area contributed by atoms with Crippen molar-refractivity contribution >= 4 is 17.7 Å². The molecular formula is C15H23NO2S. The van der Waals surface area contributed by atoms with E-state index in [0.717, 1.165) is 4.90 Å². The zero-order chi connectivity index (χ0) is 14.6. The number of thioether (sulfide) groups is 1. The van der Waals surface area contributed by atoms with Crippen molar-refractivity contribution in [2.24, 2.45) is 0 Å². The molecule has 0 radical (unpaired) electrons. The molecule has 0 bridgehead atoms. The molecule has 0 aliphatic carbocycles. The minimum atomic E-state index is -0.908. The molecule has 0 fully saturated rings. The molecule has 0 spiro atoms. The number of rotatable bonds is 6. The van der Waals surface area contributed by atoms with Crippen molar-refractivity contribution < 1.29 is 9.90 Å². The molecule has 1 rings (SSSR count). The number of carboxylic acids is 1. The predicted molar refractivity (Wildman–Crippen MR) is 81.0 cm³/mol. The molecule has 1 aromatic rings. The Bertz CT molecular complexity index is 459. The van der Waals surface area contributed by atoms with Crippen LogP contribution in [0.3, 0.4) is 0 Å². The molecule has 2 N–H and O–H groups in total. The molecule has 19 heavy (non-hydrogen) atoms. The number of nitrogens with one attached hydrogen (secondary N) is 1. The van der Waals surface area contributed by atoms with Gasteiger partial charge in [0, 0.05) is 16.7 Å². The second-order valence-electron chi connectivity index (χ2n) is 5.49. The van der Waals surface area contributed by atoms with Gasteiger partial charge in [0.05, 0.1) is 0 Å². The fourth-order valence-electron chi connectivity index (χ4n) is 1.89. The van der Waals surface area contributed by atoms with Gasteiger partial charge in [0.25, 0.3) is 0 Å². The van der Waals surface area contributed by atoms with E-state index < -0.39 is 11.5 Å². The van der Waals surface area contributed by atoms with Crippen LogP contribution in [0.25, 0.3) is 0 Å². The van der Waals surface area contributed by atoms with Crippen molar-refractivity contribution in [1.29, 1.82) is 0 Å². The minimum absolute atomic E-state index is 0.139. The van der Waals surface area contributed by atoms with Gasteiger partial charge >= 0.3 is 5.97 Å². The molecule has 106 valence electrons. The number of carbonyl (C=O) groups is 1. The molecule has 0 aromatic heterocycles.